The fourth-order valence-electron chi connectivity index (χ4n) is 2.62. The highest BCUT2D eigenvalue weighted by molar-refractivity contribution is 5.94. The monoisotopic (exact) mass is 421 g/mol. The minimum atomic E-state index is -0.844. The van der Waals surface area contributed by atoms with E-state index in [2.05, 4.69) is 10.6 Å². The van der Waals surface area contributed by atoms with Gasteiger partial charge in [0.2, 0.25) is 5.91 Å². The summed E-state index contributed by atoms with van der Waals surface area (Å²) in [6.07, 6.45) is 0.151. The molecule has 0 aromatic heterocycles. The Labute approximate surface area is 177 Å². The van der Waals surface area contributed by atoms with Crippen LogP contribution in [0.3, 0.4) is 0 Å². The first-order valence-corrected chi connectivity index (χ1v) is 9.63. The van der Waals surface area contributed by atoms with Gasteiger partial charge in [-0.2, -0.15) is 0 Å². The van der Waals surface area contributed by atoms with E-state index in [-0.39, 0.29) is 24.5 Å². The number of benzene rings is 1. The summed E-state index contributed by atoms with van der Waals surface area (Å²) < 4.78 is 5.30. The average molecular weight is 421 g/mol. The van der Waals surface area contributed by atoms with Gasteiger partial charge in [-0.15, -0.1) is 0 Å². The smallest absolute Gasteiger partial charge is 0.410 e. The van der Waals surface area contributed by atoms with Crippen molar-refractivity contribution in [3.8, 4) is 5.75 Å². The summed E-state index contributed by atoms with van der Waals surface area (Å²) in [5.41, 5.74) is 0.620. The van der Waals surface area contributed by atoms with Gasteiger partial charge in [0.1, 0.15) is 5.75 Å². The molecule has 0 aliphatic rings. The van der Waals surface area contributed by atoms with Crippen molar-refractivity contribution in [2.24, 2.45) is 0 Å². The fraction of sp³-hybridized carbons (Fsp3) is 0.500. The number of nitrogens with one attached hydrogen (secondary N) is 2. The zero-order valence-electron chi connectivity index (χ0n) is 18.2. The first-order valence-electron chi connectivity index (χ1n) is 9.63. The SMILES string of the molecule is CNC(=O)N(C)C(=O)Oc1ccccc1CCC(=O)N(CCCN(C)C)C(=O)NC. The topological polar surface area (TPSA) is 111 Å². The van der Waals surface area contributed by atoms with Gasteiger partial charge in [-0.25, -0.2) is 19.3 Å². The zero-order chi connectivity index (χ0) is 22.7. The average Bonchev–Trinajstić information content (AvgIpc) is 2.73. The third kappa shape index (κ3) is 7.70. The predicted molar refractivity (Wildman–Crippen MR) is 112 cm³/mol. The molecular weight excluding hydrogens is 390 g/mol. The highest BCUT2D eigenvalue weighted by Crippen LogP contribution is 2.21. The quantitative estimate of drug-likeness (QED) is 0.658. The van der Waals surface area contributed by atoms with E-state index in [4.69, 9.17) is 4.74 Å². The number of amides is 6. The van der Waals surface area contributed by atoms with Crippen LogP contribution in [0.4, 0.5) is 14.4 Å². The summed E-state index contributed by atoms with van der Waals surface area (Å²) in [7, 11) is 8.02. The summed E-state index contributed by atoms with van der Waals surface area (Å²) in [5.74, 6) is -0.0677. The number of carbonyl (C=O) groups is 4. The van der Waals surface area contributed by atoms with Gasteiger partial charge in [0, 0.05) is 34.1 Å². The highest BCUT2D eigenvalue weighted by atomic mass is 16.6. The van der Waals surface area contributed by atoms with E-state index in [9.17, 15) is 19.2 Å². The Bertz CT molecular complexity index is 753. The first kappa shape index (κ1) is 24.9. The first-order chi connectivity index (χ1) is 14.2. The molecule has 1 rings (SSSR count). The number of nitrogens with zero attached hydrogens (tertiary/aromatic N) is 3. The van der Waals surface area contributed by atoms with Crippen molar-refractivity contribution in [1.29, 1.82) is 0 Å². The summed E-state index contributed by atoms with van der Waals surface area (Å²) in [6.45, 7) is 1.06. The number of urea groups is 2. The molecule has 0 radical (unpaired) electrons. The standard InChI is InChI=1S/C20H31N5O5/c1-21-18(27)24(5)20(29)30-16-10-7-6-9-15(16)11-12-17(26)25(19(28)22-2)14-8-13-23(3)4/h6-7,9-10H,8,11-14H2,1-5H3,(H,21,27)(H,22,28). The van der Waals surface area contributed by atoms with Gasteiger partial charge in [-0.1, -0.05) is 18.2 Å². The molecule has 0 aliphatic heterocycles. The van der Waals surface area contributed by atoms with Crippen molar-refractivity contribution < 1.29 is 23.9 Å². The van der Waals surface area contributed by atoms with Crippen LogP contribution in [0.15, 0.2) is 24.3 Å². The molecule has 30 heavy (non-hydrogen) atoms. The number of hydrogen-bond donors (Lipinski definition) is 2. The van der Waals surface area contributed by atoms with E-state index >= 15 is 0 Å². The molecule has 10 heteroatoms. The number of aryl methyl sites for hydroxylation is 1. The Kier molecular flexibility index (Phi) is 10.3. The van der Waals surface area contributed by atoms with Gasteiger partial charge in [-0.05, 0) is 45.1 Å². The maximum atomic E-state index is 12.6. The lowest BCUT2D eigenvalue weighted by Gasteiger charge is -2.21. The van der Waals surface area contributed by atoms with Gasteiger partial charge < -0.3 is 20.3 Å². The number of para-hydroxylation sites is 1. The Morgan fingerprint density at radius 2 is 1.57 bits per heavy atom. The van der Waals surface area contributed by atoms with E-state index < -0.39 is 18.2 Å². The maximum absolute atomic E-state index is 12.6. The van der Waals surface area contributed by atoms with Crippen molar-refractivity contribution in [2.45, 2.75) is 19.3 Å². The molecule has 0 saturated carbocycles. The van der Waals surface area contributed by atoms with E-state index in [0.717, 1.165) is 11.4 Å². The molecule has 1 aromatic carbocycles. The van der Waals surface area contributed by atoms with Crippen molar-refractivity contribution in [3.05, 3.63) is 29.8 Å². The number of rotatable bonds is 8. The molecular formula is C20H31N5O5. The highest BCUT2D eigenvalue weighted by Gasteiger charge is 2.22. The maximum Gasteiger partial charge on any atom is 0.423 e. The van der Waals surface area contributed by atoms with Gasteiger partial charge in [0.15, 0.2) is 0 Å². The van der Waals surface area contributed by atoms with Crippen LogP contribution in [0, 0.1) is 0 Å². The Morgan fingerprint density at radius 1 is 0.933 bits per heavy atom. The minimum absolute atomic E-state index is 0.0647. The third-order valence-electron chi connectivity index (χ3n) is 4.32. The number of carbonyl (C=O) groups excluding carboxylic acids is 4. The van der Waals surface area contributed by atoms with Crippen LogP contribution in [0.25, 0.3) is 0 Å². The van der Waals surface area contributed by atoms with Crippen molar-refractivity contribution >= 4 is 24.1 Å². The lowest BCUT2D eigenvalue weighted by molar-refractivity contribution is -0.128. The Morgan fingerprint density at radius 3 is 2.17 bits per heavy atom. The van der Waals surface area contributed by atoms with Crippen molar-refractivity contribution in [1.82, 2.24) is 25.3 Å². The molecule has 0 unspecified atom stereocenters. The van der Waals surface area contributed by atoms with E-state index in [0.29, 0.717) is 18.5 Å². The second-order valence-corrected chi connectivity index (χ2v) is 6.85. The van der Waals surface area contributed by atoms with Crippen LogP contribution in [0.5, 0.6) is 5.75 Å². The molecule has 0 spiro atoms. The van der Waals surface area contributed by atoms with Crippen LogP contribution >= 0.6 is 0 Å². The van der Waals surface area contributed by atoms with Gasteiger partial charge in [0.05, 0.1) is 0 Å². The largest absolute Gasteiger partial charge is 0.423 e. The van der Waals surface area contributed by atoms with Gasteiger partial charge >= 0.3 is 18.2 Å². The molecule has 0 heterocycles. The second-order valence-electron chi connectivity index (χ2n) is 6.85. The summed E-state index contributed by atoms with van der Waals surface area (Å²) in [6, 6.07) is 5.70. The molecule has 0 aliphatic carbocycles. The van der Waals surface area contributed by atoms with Gasteiger partial charge in [-0.3, -0.25) is 9.69 Å². The summed E-state index contributed by atoms with van der Waals surface area (Å²) in [4.78, 5) is 52.4. The minimum Gasteiger partial charge on any atom is -0.410 e. The molecule has 0 fully saturated rings. The van der Waals surface area contributed by atoms with Crippen LogP contribution in [-0.4, -0.2) is 87.1 Å². The van der Waals surface area contributed by atoms with Crippen LogP contribution < -0.4 is 15.4 Å². The molecule has 0 saturated heterocycles. The van der Waals surface area contributed by atoms with Crippen LogP contribution in [0.2, 0.25) is 0 Å². The summed E-state index contributed by atoms with van der Waals surface area (Å²) >= 11 is 0. The number of hydrogen-bond acceptors (Lipinski definition) is 6. The second kappa shape index (κ2) is 12.4. The normalized spacial score (nSPS) is 10.3. The van der Waals surface area contributed by atoms with Crippen LogP contribution in [0.1, 0.15) is 18.4 Å². The number of ether oxygens (including phenoxy) is 1. The summed E-state index contributed by atoms with van der Waals surface area (Å²) in [5, 5.41) is 4.82. The third-order valence-corrected chi connectivity index (χ3v) is 4.32. The molecule has 0 bridgehead atoms. The predicted octanol–water partition coefficient (Wildman–Crippen LogP) is 1.51. The van der Waals surface area contributed by atoms with E-state index in [1.807, 2.05) is 19.0 Å². The molecule has 166 valence electrons. The lowest BCUT2D eigenvalue weighted by atomic mass is 10.1. The van der Waals surface area contributed by atoms with Crippen molar-refractivity contribution in [2.75, 3.05) is 48.3 Å². The van der Waals surface area contributed by atoms with E-state index in [1.54, 1.807) is 24.3 Å². The fourth-order valence-corrected chi connectivity index (χ4v) is 2.62. The lowest BCUT2D eigenvalue weighted by Crippen LogP contribution is -2.43. The van der Waals surface area contributed by atoms with E-state index in [1.165, 1.54) is 26.0 Å². The molecule has 2 N–H and O–H groups in total. The molecule has 1 aromatic rings. The Balaban J connectivity index is 2.80. The molecule has 6 amide bonds. The zero-order valence-corrected chi connectivity index (χ0v) is 18.2. The molecule has 10 nitrogen and oxygen atoms in total. The van der Waals surface area contributed by atoms with Gasteiger partial charge in [0.25, 0.3) is 0 Å². The Hall–Kier alpha value is -3.14. The number of imide groups is 2. The van der Waals surface area contributed by atoms with Crippen molar-refractivity contribution in [3.63, 3.8) is 0 Å². The molecule has 0 atom stereocenters. The van der Waals surface area contributed by atoms with Crippen LogP contribution in [-0.2, 0) is 11.2 Å².